The van der Waals surface area contributed by atoms with Crippen molar-refractivity contribution in [3.05, 3.63) is 54.3 Å². The second kappa shape index (κ2) is 4.93. The molecule has 0 spiro atoms. The lowest BCUT2D eigenvalue weighted by molar-refractivity contribution is 0.577. The minimum Gasteiger partial charge on any atom is -0.461 e. The second-order valence-corrected chi connectivity index (χ2v) is 3.94. The summed E-state index contributed by atoms with van der Waals surface area (Å²) in [6.07, 6.45) is 1.57. The van der Waals surface area contributed by atoms with Gasteiger partial charge in [0.2, 0.25) is 5.82 Å². The average Bonchev–Trinajstić information content (AvgIpc) is 3.09. The summed E-state index contributed by atoms with van der Waals surface area (Å²) >= 11 is 0. The Hall–Kier alpha value is -2.63. The predicted molar refractivity (Wildman–Crippen MR) is 67.8 cm³/mol. The summed E-state index contributed by atoms with van der Waals surface area (Å²) in [5.74, 6) is 1.55. The van der Waals surface area contributed by atoms with E-state index in [1.165, 1.54) is 12.1 Å². The smallest absolute Gasteiger partial charge is 0.216 e. The summed E-state index contributed by atoms with van der Waals surface area (Å²) in [6, 6.07) is 9.70. The number of benzene rings is 1. The zero-order chi connectivity index (χ0) is 13.1. The van der Waals surface area contributed by atoms with E-state index in [4.69, 9.17) is 4.42 Å². The Kier molecular flexibility index (Phi) is 2.97. The van der Waals surface area contributed by atoms with Crippen LogP contribution in [0.3, 0.4) is 0 Å². The van der Waals surface area contributed by atoms with Gasteiger partial charge in [-0.3, -0.25) is 5.10 Å². The van der Waals surface area contributed by atoms with Gasteiger partial charge >= 0.3 is 0 Å². The topological polar surface area (TPSA) is 66.7 Å². The highest BCUT2D eigenvalue weighted by atomic mass is 19.1. The van der Waals surface area contributed by atoms with Crippen molar-refractivity contribution in [2.75, 3.05) is 5.32 Å². The summed E-state index contributed by atoms with van der Waals surface area (Å²) in [5.41, 5.74) is 0.817. The Labute approximate surface area is 108 Å². The number of hydrogen-bond donors (Lipinski definition) is 2. The van der Waals surface area contributed by atoms with Crippen LogP contribution in [0, 0.1) is 5.82 Å². The Balaban J connectivity index is 1.66. The highest BCUT2D eigenvalue weighted by Crippen LogP contribution is 2.15. The molecule has 0 aliphatic carbocycles. The van der Waals surface area contributed by atoms with Crippen molar-refractivity contribution in [2.45, 2.75) is 6.54 Å². The summed E-state index contributed by atoms with van der Waals surface area (Å²) < 4.78 is 17.9. The van der Waals surface area contributed by atoms with Crippen molar-refractivity contribution in [3.63, 3.8) is 0 Å². The Morgan fingerprint density at radius 2 is 2.05 bits per heavy atom. The molecular weight excluding hydrogens is 247 g/mol. The molecule has 0 bridgehead atoms. The monoisotopic (exact) mass is 258 g/mol. The van der Waals surface area contributed by atoms with E-state index in [9.17, 15) is 4.39 Å². The number of anilines is 1. The van der Waals surface area contributed by atoms with E-state index in [0.29, 0.717) is 24.0 Å². The third kappa shape index (κ3) is 2.62. The fourth-order valence-electron chi connectivity index (χ4n) is 1.64. The second-order valence-electron chi connectivity index (χ2n) is 3.94. The maximum absolute atomic E-state index is 12.7. The molecule has 5 nitrogen and oxygen atoms in total. The van der Waals surface area contributed by atoms with Crippen molar-refractivity contribution in [1.29, 1.82) is 0 Å². The molecule has 0 saturated carbocycles. The molecule has 3 rings (SSSR count). The SMILES string of the molecule is Fc1ccc(NCc2nc(-c3ccco3)n[nH]2)cc1. The molecule has 0 aliphatic rings. The van der Waals surface area contributed by atoms with Crippen molar-refractivity contribution in [2.24, 2.45) is 0 Å². The van der Waals surface area contributed by atoms with Crippen LogP contribution in [-0.2, 0) is 6.54 Å². The van der Waals surface area contributed by atoms with Gasteiger partial charge in [0, 0.05) is 5.69 Å². The molecule has 6 heteroatoms. The summed E-state index contributed by atoms with van der Waals surface area (Å²) in [5, 5.41) is 9.99. The molecule has 96 valence electrons. The first-order valence-corrected chi connectivity index (χ1v) is 5.76. The van der Waals surface area contributed by atoms with Gasteiger partial charge in [0.05, 0.1) is 12.8 Å². The normalized spacial score (nSPS) is 10.6. The van der Waals surface area contributed by atoms with Gasteiger partial charge in [-0.25, -0.2) is 9.37 Å². The molecule has 0 radical (unpaired) electrons. The number of H-pyrrole nitrogens is 1. The Morgan fingerprint density at radius 3 is 2.79 bits per heavy atom. The van der Waals surface area contributed by atoms with Gasteiger partial charge in [0.15, 0.2) is 5.76 Å². The van der Waals surface area contributed by atoms with Gasteiger partial charge in [0.1, 0.15) is 11.6 Å². The maximum atomic E-state index is 12.7. The molecule has 0 saturated heterocycles. The van der Waals surface area contributed by atoms with Crippen LogP contribution in [0.15, 0.2) is 47.1 Å². The summed E-state index contributed by atoms with van der Waals surface area (Å²) in [7, 11) is 0. The lowest BCUT2D eigenvalue weighted by atomic mass is 10.3. The molecule has 19 heavy (non-hydrogen) atoms. The number of aromatic amines is 1. The van der Waals surface area contributed by atoms with E-state index in [2.05, 4.69) is 20.5 Å². The fraction of sp³-hybridized carbons (Fsp3) is 0.0769. The third-order valence-corrected chi connectivity index (χ3v) is 2.58. The minimum atomic E-state index is -0.259. The van der Waals surface area contributed by atoms with Crippen LogP contribution in [0.5, 0.6) is 0 Å². The molecule has 0 atom stereocenters. The van der Waals surface area contributed by atoms with E-state index < -0.39 is 0 Å². The third-order valence-electron chi connectivity index (χ3n) is 2.58. The van der Waals surface area contributed by atoms with Gasteiger partial charge < -0.3 is 9.73 Å². The van der Waals surface area contributed by atoms with E-state index in [1.807, 2.05) is 0 Å². The molecule has 2 aromatic heterocycles. The summed E-state index contributed by atoms with van der Waals surface area (Å²) in [6.45, 7) is 0.472. The number of rotatable bonds is 4. The molecule has 1 aromatic carbocycles. The zero-order valence-corrected chi connectivity index (χ0v) is 9.93. The van der Waals surface area contributed by atoms with Gasteiger partial charge in [-0.1, -0.05) is 0 Å². The van der Waals surface area contributed by atoms with Crippen LogP contribution in [0.4, 0.5) is 10.1 Å². The number of hydrogen-bond acceptors (Lipinski definition) is 4. The molecular formula is C13H11FN4O. The fourth-order valence-corrected chi connectivity index (χ4v) is 1.64. The van der Waals surface area contributed by atoms with Crippen molar-refractivity contribution < 1.29 is 8.81 Å². The van der Waals surface area contributed by atoms with Gasteiger partial charge in [-0.2, -0.15) is 0 Å². The van der Waals surface area contributed by atoms with Gasteiger partial charge in [-0.15, -0.1) is 5.10 Å². The first-order chi connectivity index (χ1) is 9.31. The molecule has 2 heterocycles. The van der Waals surface area contributed by atoms with Gasteiger partial charge in [0.25, 0.3) is 0 Å². The van der Waals surface area contributed by atoms with Crippen LogP contribution in [-0.4, -0.2) is 15.2 Å². The van der Waals surface area contributed by atoms with Gasteiger partial charge in [-0.05, 0) is 36.4 Å². The zero-order valence-electron chi connectivity index (χ0n) is 9.93. The van der Waals surface area contributed by atoms with Crippen LogP contribution in [0.2, 0.25) is 0 Å². The minimum absolute atomic E-state index is 0.259. The number of furan rings is 1. The number of nitrogens with zero attached hydrogens (tertiary/aromatic N) is 2. The Bertz CT molecular complexity index is 646. The molecule has 0 fully saturated rings. The first-order valence-electron chi connectivity index (χ1n) is 5.76. The number of halogens is 1. The lowest BCUT2D eigenvalue weighted by Gasteiger charge is -2.02. The number of nitrogens with one attached hydrogen (secondary N) is 2. The first kappa shape index (κ1) is 11.5. The molecule has 0 aliphatic heterocycles. The van der Waals surface area contributed by atoms with Crippen molar-refractivity contribution in [1.82, 2.24) is 15.2 Å². The lowest BCUT2D eigenvalue weighted by Crippen LogP contribution is -2.01. The Morgan fingerprint density at radius 1 is 1.21 bits per heavy atom. The van der Waals surface area contributed by atoms with E-state index >= 15 is 0 Å². The van der Waals surface area contributed by atoms with Crippen molar-refractivity contribution in [3.8, 4) is 11.6 Å². The molecule has 3 aromatic rings. The summed E-state index contributed by atoms with van der Waals surface area (Å²) in [4.78, 5) is 4.29. The highest BCUT2D eigenvalue weighted by molar-refractivity contribution is 5.46. The van der Waals surface area contributed by atoms with E-state index in [1.54, 1.807) is 30.5 Å². The van der Waals surface area contributed by atoms with E-state index in [-0.39, 0.29) is 5.82 Å². The molecule has 0 unspecified atom stereocenters. The quantitative estimate of drug-likeness (QED) is 0.755. The average molecular weight is 258 g/mol. The van der Waals surface area contributed by atoms with Crippen LogP contribution in [0.25, 0.3) is 11.6 Å². The van der Waals surface area contributed by atoms with Crippen LogP contribution < -0.4 is 5.32 Å². The maximum Gasteiger partial charge on any atom is 0.216 e. The van der Waals surface area contributed by atoms with E-state index in [0.717, 1.165) is 5.69 Å². The molecule has 2 N–H and O–H groups in total. The van der Waals surface area contributed by atoms with Crippen molar-refractivity contribution >= 4 is 5.69 Å². The largest absolute Gasteiger partial charge is 0.461 e. The standard InChI is InChI=1S/C13H11FN4O/c14-9-3-5-10(6-4-9)15-8-12-16-13(18-17-12)11-2-1-7-19-11/h1-7,15H,8H2,(H,16,17,18). The van der Waals surface area contributed by atoms with Crippen LogP contribution >= 0.6 is 0 Å². The highest BCUT2D eigenvalue weighted by Gasteiger charge is 2.07. The molecule has 0 amide bonds. The number of aromatic nitrogens is 3. The van der Waals surface area contributed by atoms with Crippen LogP contribution in [0.1, 0.15) is 5.82 Å². The predicted octanol–water partition coefficient (Wildman–Crippen LogP) is 2.82.